The van der Waals surface area contributed by atoms with Gasteiger partial charge in [0.15, 0.2) is 5.96 Å². The Balaban J connectivity index is 1.73. The number of guanidine groups is 1. The molecule has 1 aliphatic rings. The molecule has 0 atom stereocenters. The van der Waals surface area contributed by atoms with Crippen molar-refractivity contribution in [2.24, 2.45) is 4.99 Å². The van der Waals surface area contributed by atoms with Crippen LogP contribution < -0.4 is 16.0 Å². The van der Waals surface area contributed by atoms with Crippen LogP contribution in [-0.2, 0) is 11.2 Å². The fourth-order valence-electron chi connectivity index (χ4n) is 2.84. The molecule has 1 saturated carbocycles. The number of aryl methyl sites for hydroxylation is 1. The normalized spacial score (nSPS) is 16.0. The lowest BCUT2D eigenvalue weighted by Crippen LogP contribution is -2.41. The molecule has 0 aromatic carbocycles. The van der Waals surface area contributed by atoms with Crippen molar-refractivity contribution >= 4 is 23.2 Å². The average Bonchev–Trinajstić information content (AvgIpc) is 2.99. The van der Waals surface area contributed by atoms with Gasteiger partial charge in [0.05, 0.1) is 10.7 Å². The Bertz CT molecular complexity index is 537. The van der Waals surface area contributed by atoms with Crippen molar-refractivity contribution in [3.63, 3.8) is 0 Å². The number of aliphatic imine (C=N–C) groups is 1. The largest absolute Gasteiger partial charge is 0.357 e. The molecule has 7 heteroatoms. The summed E-state index contributed by atoms with van der Waals surface area (Å²) in [7, 11) is 0. The van der Waals surface area contributed by atoms with Crippen molar-refractivity contribution in [2.45, 2.75) is 58.4 Å². The maximum Gasteiger partial charge on any atom is 0.242 e. The van der Waals surface area contributed by atoms with Crippen LogP contribution in [0.15, 0.2) is 10.4 Å². The van der Waals surface area contributed by atoms with E-state index in [2.05, 4.69) is 31.3 Å². The summed E-state index contributed by atoms with van der Waals surface area (Å²) in [5.74, 6) is 0.692. The number of aromatic nitrogens is 1. The first-order chi connectivity index (χ1) is 11.7. The van der Waals surface area contributed by atoms with E-state index in [4.69, 9.17) is 0 Å². The van der Waals surface area contributed by atoms with Gasteiger partial charge < -0.3 is 16.0 Å². The molecule has 0 aliphatic heterocycles. The fraction of sp³-hybridized carbons (Fsp3) is 0.706. The zero-order chi connectivity index (χ0) is 17.2. The molecule has 1 aromatic heterocycles. The Kier molecular flexibility index (Phi) is 8.01. The summed E-state index contributed by atoms with van der Waals surface area (Å²) in [5, 5.41) is 12.7. The molecular weight excluding hydrogens is 322 g/mol. The summed E-state index contributed by atoms with van der Waals surface area (Å²) in [5.41, 5.74) is 1.09. The van der Waals surface area contributed by atoms with Gasteiger partial charge in [-0.05, 0) is 26.7 Å². The van der Waals surface area contributed by atoms with Crippen molar-refractivity contribution in [3.8, 4) is 0 Å². The molecule has 3 N–H and O–H groups in total. The van der Waals surface area contributed by atoms with Crippen molar-refractivity contribution in [3.05, 3.63) is 16.1 Å². The lowest BCUT2D eigenvalue weighted by molar-refractivity contribution is -0.120. The molecule has 1 aliphatic carbocycles. The van der Waals surface area contributed by atoms with E-state index in [1.54, 1.807) is 11.3 Å². The highest BCUT2D eigenvalue weighted by Crippen LogP contribution is 2.17. The van der Waals surface area contributed by atoms with Crippen molar-refractivity contribution in [1.29, 1.82) is 0 Å². The van der Waals surface area contributed by atoms with E-state index < -0.39 is 0 Å². The second kappa shape index (κ2) is 10.3. The Labute approximate surface area is 148 Å². The second-order valence-corrected chi connectivity index (χ2v) is 7.19. The molecule has 0 unspecified atom stereocenters. The van der Waals surface area contributed by atoms with Gasteiger partial charge in [-0.25, -0.2) is 9.98 Å². The summed E-state index contributed by atoms with van der Waals surface area (Å²) in [6, 6.07) is 0.338. The predicted molar refractivity (Wildman–Crippen MR) is 99.6 cm³/mol. The van der Waals surface area contributed by atoms with Gasteiger partial charge in [0.2, 0.25) is 5.91 Å². The Morgan fingerprint density at radius 2 is 2.12 bits per heavy atom. The van der Waals surface area contributed by atoms with Gasteiger partial charge in [-0.1, -0.05) is 19.3 Å². The highest BCUT2D eigenvalue weighted by Gasteiger charge is 2.15. The van der Waals surface area contributed by atoms with Crippen LogP contribution in [0.2, 0.25) is 0 Å². The number of thiazole rings is 1. The van der Waals surface area contributed by atoms with Crippen molar-refractivity contribution in [2.75, 3.05) is 19.6 Å². The van der Waals surface area contributed by atoms with Gasteiger partial charge in [0.1, 0.15) is 6.54 Å². The van der Waals surface area contributed by atoms with Gasteiger partial charge in [0, 0.05) is 30.9 Å². The number of hydrogen-bond donors (Lipinski definition) is 3. The fourth-order valence-corrected chi connectivity index (χ4v) is 3.49. The molecule has 1 amide bonds. The molecule has 0 saturated heterocycles. The molecule has 24 heavy (non-hydrogen) atoms. The third-order valence-electron chi connectivity index (χ3n) is 4.04. The molecule has 0 radical (unpaired) electrons. The predicted octanol–water partition coefficient (Wildman–Crippen LogP) is 2.00. The van der Waals surface area contributed by atoms with E-state index in [0.717, 1.165) is 43.1 Å². The second-order valence-electron chi connectivity index (χ2n) is 6.13. The van der Waals surface area contributed by atoms with Crippen LogP contribution in [-0.4, -0.2) is 42.5 Å². The number of carbonyl (C=O) groups excluding carboxylic acids is 1. The summed E-state index contributed by atoms with van der Waals surface area (Å²) in [4.78, 5) is 20.9. The lowest BCUT2D eigenvalue weighted by atomic mass is 9.95. The number of carbonyl (C=O) groups is 1. The summed E-state index contributed by atoms with van der Waals surface area (Å²) < 4.78 is 0. The third-order valence-corrected chi connectivity index (χ3v) is 4.86. The van der Waals surface area contributed by atoms with E-state index in [-0.39, 0.29) is 12.5 Å². The first-order valence-electron chi connectivity index (χ1n) is 8.90. The number of amides is 1. The molecule has 1 fully saturated rings. The maximum atomic E-state index is 12.0. The van der Waals surface area contributed by atoms with E-state index >= 15 is 0 Å². The quantitative estimate of drug-likeness (QED) is 0.519. The van der Waals surface area contributed by atoms with Crippen LogP contribution in [0.4, 0.5) is 0 Å². The number of rotatable bonds is 7. The topological polar surface area (TPSA) is 78.4 Å². The maximum absolute atomic E-state index is 12.0. The van der Waals surface area contributed by atoms with Crippen LogP contribution in [0.1, 0.15) is 49.7 Å². The summed E-state index contributed by atoms with van der Waals surface area (Å²) in [6.45, 7) is 5.72. The molecule has 1 heterocycles. The van der Waals surface area contributed by atoms with E-state index in [0.29, 0.717) is 12.0 Å². The molecule has 1 aromatic rings. The van der Waals surface area contributed by atoms with E-state index in [1.165, 1.54) is 19.3 Å². The zero-order valence-corrected chi connectivity index (χ0v) is 15.5. The minimum Gasteiger partial charge on any atom is -0.357 e. The highest BCUT2D eigenvalue weighted by molar-refractivity contribution is 7.09. The summed E-state index contributed by atoms with van der Waals surface area (Å²) >= 11 is 1.67. The molecular formula is C17H29N5OS. The zero-order valence-electron chi connectivity index (χ0n) is 14.7. The number of nitrogens with one attached hydrogen (secondary N) is 3. The molecule has 6 nitrogen and oxygen atoms in total. The monoisotopic (exact) mass is 351 g/mol. The van der Waals surface area contributed by atoms with Gasteiger partial charge in [-0.3, -0.25) is 4.79 Å². The smallest absolute Gasteiger partial charge is 0.242 e. The van der Waals surface area contributed by atoms with Crippen LogP contribution in [0.25, 0.3) is 0 Å². The van der Waals surface area contributed by atoms with Crippen molar-refractivity contribution < 1.29 is 4.79 Å². The first kappa shape index (κ1) is 18.7. The Morgan fingerprint density at radius 3 is 2.79 bits per heavy atom. The third kappa shape index (κ3) is 6.86. The van der Waals surface area contributed by atoms with Crippen LogP contribution in [0.3, 0.4) is 0 Å². The van der Waals surface area contributed by atoms with Crippen molar-refractivity contribution in [1.82, 2.24) is 20.9 Å². The standard InChI is InChI=1S/C17H29N5OS/c1-3-18-17(19-10-9-15-12-24-13(2)21-15)20-11-16(23)22-14-7-5-4-6-8-14/h12,14H,3-11H2,1-2H3,(H,22,23)(H2,18,19,20). The molecule has 0 bridgehead atoms. The van der Waals surface area contributed by atoms with Gasteiger partial charge >= 0.3 is 0 Å². The Morgan fingerprint density at radius 1 is 1.33 bits per heavy atom. The number of hydrogen-bond acceptors (Lipinski definition) is 4. The van der Waals surface area contributed by atoms with E-state index in [1.807, 2.05) is 13.8 Å². The lowest BCUT2D eigenvalue weighted by Gasteiger charge is -2.22. The number of nitrogens with zero attached hydrogens (tertiary/aromatic N) is 2. The average molecular weight is 352 g/mol. The minimum absolute atomic E-state index is 0.00855. The SMILES string of the molecule is CCNC(=NCC(=O)NC1CCCCC1)NCCc1csc(C)n1. The van der Waals surface area contributed by atoms with Crippen LogP contribution in [0, 0.1) is 6.92 Å². The van der Waals surface area contributed by atoms with E-state index in [9.17, 15) is 4.79 Å². The Hall–Kier alpha value is -1.63. The van der Waals surface area contributed by atoms with Crippen LogP contribution in [0.5, 0.6) is 0 Å². The molecule has 134 valence electrons. The van der Waals surface area contributed by atoms with Gasteiger partial charge in [0.25, 0.3) is 0 Å². The molecule has 0 spiro atoms. The minimum atomic E-state index is 0.00855. The van der Waals surface area contributed by atoms with Gasteiger partial charge in [-0.15, -0.1) is 11.3 Å². The summed E-state index contributed by atoms with van der Waals surface area (Å²) in [6.07, 6.45) is 6.77. The molecule has 2 rings (SSSR count). The van der Waals surface area contributed by atoms with Gasteiger partial charge in [-0.2, -0.15) is 0 Å². The highest BCUT2D eigenvalue weighted by atomic mass is 32.1. The van der Waals surface area contributed by atoms with Crippen LogP contribution >= 0.6 is 11.3 Å². The first-order valence-corrected chi connectivity index (χ1v) is 9.78.